The van der Waals surface area contributed by atoms with Gasteiger partial charge >= 0.3 is 0 Å². The number of hydrogen-bond acceptors (Lipinski definition) is 3. The fourth-order valence-electron chi connectivity index (χ4n) is 2.74. The second-order valence-corrected chi connectivity index (χ2v) is 5.40. The highest BCUT2D eigenvalue weighted by molar-refractivity contribution is 6.13. The molecule has 0 aliphatic carbocycles. The van der Waals surface area contributed by atoms with Crippen molar-refractivity contribution in [2.75, 3.05) is 5.32 Å². The fourth-order valence-corrected chi connectivity index (χ4v) is 2.74. The highest BCUT2D eigenvalue weighted by atomic mass is 16.3. The van der Waals surface area contributed by atoms with Crippen molar-refractivity contribution in [3.8, 4) is 0 Å². The number of amides is 1. The topological polar surface area (TPSA) is 55.1 Å². The molecule has 0 unspecified atom stereocenters. The summed E-state index contributed by atoms with van der Waals surface area (Å²) in [5, 5.41) is 4.91. The zero-order valence-electron chi connectivity index (χ0n) is 12.5. The molecule has 112 valence electrons. The van der Waals surface area contributed by atoms with Gasteiger partial charge in [-0.2, -0.15) is 0 Å². The molecule has 1 N–H and O–H groups in total. The molecule has 0 spiro atoms. The number of carbonyl (C=O) groups excluding carboxylic acids is 1. The molecule has 0 radical (unpaired) electrons. The third kappa shape index (κ3) is 2.44. The van der Waals surface area contributed by atoms with Crippen molar-refractivity contribution in [3.63, 3.8) is 0 Å². The van der Waals surface area contributed by atoms with E-state index in [4.69, 9.17) is 4.42 Å². The Balaban J connectivity index is 1.70. The monoisotopic (exact) mass is 302 g/mol. The Morgan fingerprint density at radius 1 is 1.04 bits per heavy atom. The minimum absolute atomic E-state index is 0.138. The minimum Gasteiger partial charge on any atom is -0.441 e. The molecule has 0 saturated carbocycles. The van der Waals surface area contributed by atoms with Gasteiger partial charge in [-0.15, -0.1) is 0 Å². The molecule has 0 aliphatic rings. The number of benzene rings is 3. The van der Waals surface area contributed by atoms with Gasteiger partial charge in [-0.05, 0) is 35.0 Å². The molecule has 0 atom stereocenters. The summed E-state index contributed by atoms with van der Waals surface area (Å²) in [6.45, 7) is 1.80. The number of oxazole rings is 1. The van der Waals surface area contributed by atoms with Crippen molar-refractivity contribution in [2.45, 2.75) is 6.92 Å². The summed E-state index contributed by atoms with van der Waals surface area (Å²) in [5.41, 5.74) is 2.80. The molecule has 4 nitrogen and oxygen atoms in total. The van der Waals surface area contributed by atoms with Gasteiger partial charge < -0.3 is 9.73 Å². The van der Waals surface area contributed by atoms with Gasteiger partial charge in [-0.25, -0.2) is 4.98 Å². The van der Waals surface area contributed by atoms with Crippen LogP contribution in [0.15, 0.2) is 65.1 Å². The highest BCUT2D eigenvalue weighted by Crippen LogP contribution is 2.22. The molecule has 0 fully saturated rings. The average Bonchev–Trinajstić information content (AvgIpc) is 2.93. The van der Waals surface area contributed by atoms with Crippen molar-refractivity contribution in [2.24, 2.45) is 0 Å². The Morgan fingerprint density at radius 2 is 1.87 bits per heavy atom. The maximum atomic E-state index is 12.6. The van der Waals surface area contributed by atoms with E-state index in [1.807, 2.05) is 60.7 Å². The van der Waals surface area contributed by atoms with Crippen LogP contribution >= 0.6 is 0 Å². The fraction of sp³-hybridized carbons (Fsp3) is 0.0526. The zero-order valence-corrected chi connectivity index (χ0v) is 12.5. The molecule has 1 aromatic heterocycles. The maximum Gasteiger partial charge on any atom is 0.256 e. The SMILES string of the molecule is Cc1nc2cc(NC(=O)c3cccc4ccccc34)ccc2o1. The molecule has 23 heavy (non-hydrogen) atoms. The second-order valence-electron chi connectivity index (χ2n) is 5.40. The van der Waals surface area contributed by atoms with E-state index in [0.29, 0.717) is 22.7 Å². The van der Waals surface area contributed by atoms with Crippen molar-refractivity contribution in [1.29, 1.82) is 0 Å². The van der Waals surface area contributed by atoms with Crippen LogP contribution in [0.2, 0.25) is 0 Å². The standard InChI is InChI=1S/C19H14N2O2/c1-12-20-17-11-14(9-10-18(17)23-12)21-19(22)16-8-4-6-13-5-2-3-7-15(13)16/h2-11H,1H3,(H,21,22). The van der Waals surface area contributed by atoms with Crippen molar-refractivity contribution < 1.29 is 9.21 Å². The summed E-state index contributed by atoms with van der Waals surface area (Å²) >= 11 is 0. The van der Waals surface area contributed by atoms with Gasteiger partial charge in [0.1, 0.15) is 5.52 Å². The largest absolute Gasteiger partial charge is 0.441 e. The molecule has 4 heteroatoms. The van der Waals surface area contributed by atoms with Crippen molar-refractivity contribution in [3.05, 3.63) is 72.1 Å². The first kappa shape index (κ1) is 13.5. The average molecular weight is 302 g/mol. The highest BCUT2D eigenvalue weighted by Gasteiger charge is 2.11. The van der Waals surface area contributed by atoms with Gasteiger partial charge in [0, 0.05) is 18.2 Å². The lowest BCUT2D eigenvalue weighted by atomic mass is 10.0. The second kappa shape index (κ2) is 5.25. The molecule has 0 bridgehead atoms. The quantitative estimate of drug-likeness (QED) is 0.591. The van der Waals surface area contributed by atoms with Gasteiger partial charge in [0.25, 0.3) is 5.91 Å². The lowest BCUT2D eigenvalue weighted by molar-refractivity contribution is 0.102. The van der Waals surface area contributed by atoms with Crippen LogP contribution in [0.4, 0.5) is 5.69 Å². The number of rotatable bonds is 2. The maximum absolute atomic E-state index is 12.6. The summed E-state index contributed by atoms with van der Waals surface area (Å²) in [6.07, 6.45) is 0. The van der Waals surface area contributed by atoms with Gasteiger partial charge in [-0.3, -0.25) is 4.79 Å². The number of fused-ring (bicyclic) bond motifs is 2. The Kier molecular flexibility index (Phi) is 3.08. The first-order valence-corrected chi connectivity index (χ1v) is 7.37. The molecule has 4 aromatic rings. The number of nitrogens with zero attached hydrogens (tertiary/aromatic N) is 1. The number of aryl methyl sites for hydroxylation is 1. The van der Waals surface area contributed by atoms with Crippen LogP contribution in [0, 0.1) is 6.92 Å². The van der Waals surface area contributed by atoms with E-state index in [1.54, 1.807) is 6.92 Å². The molecule has 3 aromatic carbocycles. The zero-order chi connectivity index (χ0) is 15.8. The van der Waals surface area contributed by atoms with E-state index in [1.165, 1.54) is 0 Å². The lowest BCUT2D eigenvalue weighted by Crippen LogP contribution is -2.12. The van der Waals surface area contributed by atoms with Crippen molar-refractivity contribution in [1.82, 2.24) is 4.98 Å². The smallest absolute Gasteiger partial charge is 0.256 e. The third-order valence-corrected chi connectivity index (χ3v) is 3.79. The van der Waals surface area contributed by atoms with Crippen LogP contribution in [0.1, 0.15) is 16.2 Å². The molecule has 1 amide bonds. The van der Waals surface area contributed by atoms with E-state index in [9.17, 15) is 4.79 Å². The summed E-state index contributed by atoms with van der Waals surface area (Å²) in [5.74, 6) is 0.471. The minimum atomic E-state index is -0.138. The van der Waals surface area contributed by atoms with Crippen LogP contribution in [0.3, 0.4) is 0 Å². The first-order chi connectivity index (χ1) is 11.2. The number of hydrogen-bond donors (Lipinski definition) is 1. The summed E-state index contributed by atoms with van der Waals surface area (Å²) in [7, 11) is 0. The molecule has 1 heterocycles. The summed E-state index contributed by atoms with van der Waals surface area (Å²) in [6, 6.07) is 19.0. The first-order valence-electron chi connectivity index (χ1n) is 7.37. The molecular weight excluding hydrogens is 288 g/mol. The van der Waals surface area contributed by atoms with Gasteiger partial charge in [0.2, 0.25) is 0 Å². The molecular formula is C19H14N2O2. The Bertz CT molecular complexity index is 1030. The Morgan fingerprint density at radius 3 is 2.78 bits per heavy atom. The number of anilines is 1. The van der Waals surface area contributed by atoms with Gasteiger partial charge in [0.15, 0.2) is 11.5 Å². The van der Waals surface area contributed by atoms with E-state index in [-0.39, 0.29) is 5.91 Å². The summed E-state index contributed by atoms with van der Waals surface area (Å²) in [4.78, 5) is 16.9. The molecule has 4 rings (SSSR count). The normalized spacial score (nSPS) is 11.0. The van der Waals surface area contributed by atoms with E-state index in [0.717, 1.165) is 16.3 Å². The number of nitrogens with one attached hydrogen (secondary N) is 1. The molecule has 0 aliphatic heterocycles. The van der Waals surface area contributed by atoms with E-state index in [2.05, 4.69) is 10.3 Å². The Labute approximate surface area is 132 Å². The predicted molar refractivity (Wildman–Crippen MR) is 90.6 cm³/mol. The summed E-state index contributed by atoms with van der Waals surface area (Å²) < 4.78 is 5.45. The van der Waals surface area contributed by atoms with Crippen LogP contribution < -0.4 is 5.32 Å². The third-order valence-electron chi connectivity index (χ3n) is 3.79. The van der Waals surface area contributed by atoms with Crippen LogP contribution in [0.25, 0.3) is 21.9 Å². The Hall–Kier alpha value is -3.14. The van der Waals surface area contributed by atoms with E-state index < -0.39 is 0 Å². The van der Waals surface area contributed by atoms with Crippen LogP contribution in [0.5, 0.6) is 0 Å². The predicted octanol–water partition coefficient (Wildman–Crippen LogP) is 4.54. The van der Waals surface area contributed by atoms with E-state index >= 15 is 0 Å². The number of carbonyl (C=O) groups is 1. The van der Waals surface area contributed by atoms with Gasteiger partial charge in [0.05, 0.1) is 0 Å². The lowest BCUT2D eigenvalue weighted by Gasteiger charge is -2.08. The number of aromatic nitrogens is 1. The molecule has 0 saturated heterocycles. The van der Waals surface area contributed by atoms with Gasteiger partial charge in [-0.1, -0.05) is 36.4 Å². The van der Waals surface area contributed by atoms with Crippen molar-refractivity contribution >= 4 is 33.5 Å². The van der Waals surface area contributed by atoms with Crippen LogP contribution in [-0.4, -0.2) is 10.9 Å². The van der Waals surface area contributed by atoms with Crippen LogP contribution in [-0.2, 0) is 0 Å².